The number of piperidine rings is 1. The second kappa shape index (κ2) is 2.27. The first kappa shape index (κ1) is 7.80. The quantitative estimate of drug-likeness (QED) is 0.560. The van der Waals surface area contributed by atoms with Gasteiger partial charge in [-0.15, -0.1) is 0 Å². The molecule has 2 heterocycles. The molecule has 0 spiro atoms. The van der Waals surface area contributed by atoms with Gasteiger partial charge >= 0.3 is 5.97 Å². The fraction of sp³-hybridized carbons (Fsp3) is 0.900. The Balaban J connectivity index is 1.92. The molecule has 3 rings (SSSR count). The van der Waals surface area contributed by atoms with Gasteiger partial charge in [-0.05, 0) is 38.1 Å². The lowest BCUT2D eigenvalue weighted by molar-refractivity contribution is -0.152. The molecular formula is C10H15NO2. The number of esters is 1. The molecule has 3 aliphatic rings. The highest BCUT2D eigenvalue weighted by Crippen LogP contribution is 2.57. The Hall–Kier alpha value is -0.570. The number of hydrogen-bond acceptors (Lipinski definition) is 3. The summed E-state index contributed by atoms with van der Waals surface area (Å²) >= 11 is 0. The third-order valence-corrected chi connectivity index (χ3v) is 3.99. The Kier molecular flexibility index (Phi) is 1.36. The van der Waals surface area contributed by atoms with Crippen LogP contribution in [0.5, 0.6) is 0 Å². The normalized spacial score (nSPS) is 47.2. The van der Waals surface area contributed by atoms with Crippen LogP contribution in [0.2, 0.25) is 0 Å². The summed E-state index contributed by atoms with van der Waals surface area (Å²) in [6, 6.07) is 0.724. The summed E-state index contributed by atoms with van der Waals surface area (Å²) in [6.45, 7) is 1.11. The maximum atomic E-state index is 11.7. The van der Waals surface area contributed by atoms with E-state index in [0.717, 1.165) is 31.3 Å². The number of ether oxygens (including phenoxy) is 1. The summed E-state index contributed by atoms with van der Waals surface area (Å²) in [5, 5.41) is 0. The molecule has 1 aliphatic carbocycles. The number of methoxy groups -OCH3 is 1. The van der Waals surface area contributed by atoms with Crippen LogP contribution in [0.4, 0.5) is 0 Å². The lowest BCUT2D eigenvalue weighted by atomic mass is 9.92. The van der Waals surface area contributed by atoms with Crippen LogP contribution in [0, 0.1) is 5.92 Å². The zero-order valence-electron chi connectivity index (χ0n) is 7.95. The minimum absolute atomic E-state index is 0.0113. The molecule has 2 saturated heterocycles. The van der Waals surface area contributed by atoms with E-state index in [1.165, 1.54) is 20.0 Å². The Labute approximate surface area is 78.0 Å². The van der Waals surface area contributed by atoms with Gasteiger partial charge in [0, 0.05) is 6.04 Å². The third kappa shape index (κ3) is 0.810. The number of carbonyl (C=O) groups is 1. The van der Waals surface area contributed by atoms with Crippen LogP contribution in [0.1, 0.15) is 25.7 Å². The number of nitrogens with zero attached hydrogens (tertiary/aromatic N) is 1. The molecule has 0 N–H and O–H groups in total. The van der Waals surface area contributed by atoms with E-state index in [9.17, 15) is 4.79 Å². The number of carbonyl (C=O) groups excluding carboxylic acids is 1. The molecule has 3 fully saturated rings. The van der Waals surface area contributed by atoms with Crippen molar-refractivity contribution in [3.05, 3.63) is 0 Å². The van der Waals surface area contributed by atoms with Gasteiger partial charge in [0.1, 0.15) is 5.54 Å². The van der Waals surface area contributed by atoms with E-state index in [4.69, 9.17) is 4.74 Å². The zero-order valence-corrected chi connectivity index (χ0v) is 7.95. The smallest absolute Gasteiger partial charge is 0.326 e. The summed E-state index contributed by atoms with van der Waals surface area (Å²) < 4.78 is 4.93. The van der Waals surface area contributed by atoms with E-state index in [1.54, 1.807) is 0 Å². The van der Waals surface area contributed by atoms with Crippen molar-refractivity contribution in [3.63, 3.8) is 0 Å². The summed E-state index contributed by atoms with van der Waals surface area (Å²) in [5.41, 5.74) is -0.192. The van der Waals surface area contributed by atoms with E-state index in [2.05, 4.69) is 4.90 Å². The van der Waals surface area contributed by atoms with Gasteiger partial charge in [0.25, 0.3) is 0 Å². The average molecular weight is 181 g/mol. The minimum atomic E-state index is -0.192. The van der Waals surface area contributed by atoms with Crippen molar-refractivity contribution in [1.29, 1.82) is 0 Å². The van der Waals surface area contributed by atoms with Crippen molar-refractivity contribution in [2.24, 2.45) is 5.92 Å². The Morgan fingerprint density at radius 2 is 2.46 bits per heavy atom. The van der Waals surface area contributed by atoms with E-state index >= 15 is 0 Å². The number of rotatable bonds is 1. The van der Waals surface area contributed by atoms with Gasteiger partial charge in [0.15, 0.2) is 0 Å². The van der Waals surface area contributed by atoms with Crippen molar-refractivity contribution >= 4 is 5.97 Å². The molecular weight excluding hydrogens is 166 g/mol. The third-order valence-electron chi connectivity index (χ3n) is 3.99. The Morgan fingerprint density at radius 1 is 1.62 bits per heavy atom. The SMILES string of the molecule is COC(=O)C12CCCN1[C@H]1C[C@H]1C2. The highest BCUT2D eigenvalue weighted by Gasteiger charge is 2.64. The molecule has 3 heteroatoms. The maximum absolute atomic E-state index is 11.7. The fourth-order valence-electron chi connectivity index (χ4n) is 3.36. The first-order valence-corrected chi connectivity index (χ1v) is 5.13. The predicted octanol–water partition coefficient (Wildman–Crippen LogP) is 0.786. The van der Waals surface area contributed by atoms with Gasteiger partial charge in [-0.1, -0.05) is 0 Å². The maximum Gasteiger partial charge on any atom is 0.326 e. The van der Waals surface area contributed by atoms with E-state index in [1.807, 2.05) is 0 Å². The molecule has 0 aromatic carbocycles. The van der Waals surface area contributed by atoms with Gasteiger partial charge in [0.05, 0.1) is 7.11 Å². The lowest BCUT2D eigenvalue weighted by Gasteiger charge is -2.31. The van der Waals surface area contributed by atoms with Crippen LogP contribution in [0.3, 0.4) is 0 Å². The first-order chi connectivity index (χ1) is 6.28. The van der Waals surface area contributed by atoms with Crippen LogP contribution in [-0.4, -0.2) is 36.1 Å². The van der Waals surface area contributed by atoms with Gasteiger partial charge < -0.3 is 4.74 Å². The number of hydrogen-bond donors (Lipinski definition) is 0. The second-order valence-corrected chi connectivity index (χ2v) is 4.59. The summed E-state index contributed by atoms with van der Waals surface area (Å²) in [6.07, 6.45) is 4.56. The molecule has 72 valence electrons. The second-order valence-electron chi connectivity index (χ2n) is 4.59. The lowest BCUT2D eigenvalue weighted by Crippen LogP contribution is -2.48. The molecule has 13 heavy (non-hydrogen) atoms. The topological polar surface area (TPSA) is 29.5 Å². The van der Waals surface area contributed by atoms with Crippen LogP contribution in [-0.2, 0) is 9.53 Å². The van der Waals surface area contributed by atoms with Crippen LogP contribution in [0.15, 0.2) is 0 Å². The van der Waals surface area contributed by atoms with Gasteiger partial charge in [-0.2, -0.15) is 0 Å². The zero-order chi connectivity index (χ0) is 9.05. The molecule has 0 amide bonds. The van der Waals surface area contributed by atoms with Gasteiger partial charge in [-0.3, -0.25) is 9.69 Å². The highest BCUT2D eigenvalue weighted by atomic mass is 16.5. The molecule has 2 aliphatic heterocycles. The van der Waals surface area contributed by atoms with E-state index < -0.39 is 0 Å². The molecule has 1 unspecified atom stereocenters. The van der Waals surface area contributed by atoms with Crippen LogP contribution in [0.25, 0.3) is 0 Å². The van der Waals surface area contributed by atoms with Crippen molar-refractivity contribution in [2.45, 2.75) is 37.3 Å². The molecule has 3 nitrogen and oxygen atoms in total. The van der Waals surface area contributed by atoms with Crippen molar-refractivity contribution in [1.82, 2.24) is 4.90 Å². The van der Waals surface area contributed by atoms with Crippen molar-refractivity contribution < 1.29 is 9.53 Å². The molecule has 0 bridgehead atoms. The molecule has 0 aromatic heterocycles. The van der Waals surface area contributed by atoms with Crippen LogP contribution < -0.4 is 0 Å². The van der Waals surface area contributed by atoms with Gasteiger partial charge in [0.2, 0.25) is 0 Å². The standard InChI is InChI=1S/C10H15NO2/c1-13-9(12)10-3-2-4-11(10)8-5-7(8)6-10/h7-8H,2-6H2,1H3/t7-,8-,10?/m0/s1. The predicted molar refractivity (Wildman–Crippen MR) is 47.2 cm³/mol. The molecule has 0 radical (unpaired) electrons. The van der Waals surface area contributed by atoms with E-state index in [-0.39, 0.29) is 11.5 Å². The monoisotopic (exact) mass is 181 g/mol. The molecule has 1 saturated carbocycles. The Bertz CT molecular complexity index is 266. The average Bonchev–Trinajstić information content (AvgIpc) is 2.62. The molecule has 0 aromatic rings. The van der Waals surface area contributed by atoms with Crippen molar-refractivity contribution in [2.75, 3.05) is 13.7 Å². The number of fused-ring (bicyclic) bond motifs is 3. The minimum Gasteiger partial charge on any atom is -0.468 e. The summed E-state index contributed by atoms with van der Waals surface area (Å²) in [5.74, 6) is 0.816. The largest absolute Gasteiger partial charge is 0.468 e. The Morgan fingerprint density at radius 3 is 3.23 bits per heavy atom. The molecule has 3 atom stereocenters. The summed E-state index contributed by atoms with van der Waals surface area (Å²) in [4.78, 5) is 14.1. The highest BCUT2D eigenvalue weighted by molar-refractivity contribution is 5.82. The van der Waals surface area contributed by atoms with Gasteiger partial charge in [-0.25, -0.2) is 0 Å². The van der Waals surface area contributed by atoms with Crippen LogP contribution >= 0.6 is 0 Å². The van der Waals surface area contributed by atoms with Crippen molar-refractivity contribution in [3.8, 4) is 0 Å². The first-order valence-electron chi connectivity index (χ1n) is 5.13. The fourth-order valence-corrected chi connectivity index (χ4v) is 3.36. The van der Waals surface area contributed by atoms with E-state index in [0.29, 0.717) is 0 Å². The summed E-state index contributed by atoms with van der Waals surface area (Å²) in [7, 11) is 1.51.